The first-order valence-corrected chi connectivity index (χ1v) is 6.08. The van der Waals surface area contributed by atoms with Crippen LogP contribution in [0.2, 0.25) is 0 Å². The lowest BCUT2D eigenvalue weighted by atomic mass is 10.0. The van der Waals surface area contributed by atoms with Gasteiger partial charge in [-0.3, -0.25) is 5.41 Å². The Bertz CT molecular complexity index is 508. The fourth-order valence-electron chi connectivity index (χ4n) is 2.01. The minimum atomic E-state index is 0.495. The molecule has 0 amide bonds. The van der Waals surface area contributed by atoms with Gasteiger partial charge in [-0.1, -0.05) is 19.6 Å². The molecule has 0 aromatic carbocycles. The molecule has 17 heavy (non-hydrogen) atoms. The molecule has 0 saturated carbocycles. The topological polar surface area (TPSA) is 40.8 Å². The van der Waals surface area contributed by atoms with Crippen molar-refractivity contribution in [3.8, 4) is 0 Å². The van der Waals surface area contributed by atoms with Crippen LogP contribution in [0.4, 0.5) is 0 Å². The van der Waals surface area contributed by atoms with E-state index in [0.29, 0.717) is 5.49 Å². The van der Waals surface area contributed by atoms with Crippen molar-refractivity contribution in [3.05, 3.63) is 42.0 Å². The molecule has 0 aliphatic carbocycles. The van der Waals surface area contributed by atoms with Crippen LogP contribution >= 0.6 is 0 Å². The Hall–Kier alpha value is -1.61. The highest BCUT2D eigenvalue weighted by molar-refractivity contribution is 5.66. The van der Waals surface area contributed by atoms with Crippen molar-refractivity contribution in [1.29, 1.82) is 5.41 Å². The molecule has 2 N–H and O–H groups in total. The van der Waals surface area contributed by atoms with E-state index in [2.05, 4.69) is 24.9 Å². The second-order valence-corrected chi connectivity index (χ2v) is 4.28. The van der Waals surface area contributed by atoms with Crippen molar-refractivity contribution in [3.63, 3.8) is 0 Å². The molecule has 1 aliphatic heterocycles. The van der Waals surface area contributed by atoms with Gasteiger partial charge in [0, 0.05) is 18.4 Å². The molecular formula is C14H19N3. The molecule has 0 saturated heterocycles. The molecular weight excluding hydrogens is 210 g/mol. The minimum Gasteiger partial charge on any atom is -0.313 e. The Labute approximate surface area is 102 Å². The highest BCUT2D eigenvalue weighted by Gasteiger charge is 2.07. The van der Waals surface area contributed by atoms with Crippen LogP contribution in [0.1, 0.15) is 25.3 Å². The maximum Gasteiger partial charge on any atom is 0.129 e. The van der Waals surface area contributed by atoms with Crippen molar-refractivity contribution >= 4 is 11.3 Å². The summed E-state index contributed by atoms with van der Waals surface area (Å²) < 4.78 is 1.87. The minimum absolute atomic E-state index is 0.495. The van der Waals surface area contributed by atoms with Gasteiger partial charge in [0.2, 0.25) is 0 Å². The number of aromatic nitrogens is 1. The van der Waals surface area contributed by atoms with Gasteiger partial charge in [-0.05, 0) is 42.7 Å². The first kappa shape index (κ1) is 11.9. The van der Waals surface area contributed by atoms with Gasteiger partial charge in [-0.15, -0.1) is 0 Å². The number of pyridine rings is 1. The first-order valence-electron chi connectivity index (χ1n) is 6.08. The summed E-state index contributed by atoms with van der Waals surface area (Å²) in [5.74, 6) is 0. The van der Waals surface area contributed by atoms with Crippen LogP contribution in [0, 0.1) is 5.41 Å². The lowest BCUT2D eigenvalue weighted by molar-refractivity contribution is 0.737. The molecule has 1 aromatic heterocycles. The van der Waals surface area contributed by atoms with Crippen molar-refractivity contribution in [2.24, 2.45) is 0 Å². The van der Waals surface area contributed by atoms with Crippen LogP contribution < -0.4 is 10.8 Å². The maximum atomic E-state index is 7.89. The summed E-state index contributed by atoms with van der Waals surface area (Å²) >= 11 is 0. The molecule has 0 spiro atoms. The van der Waals surface area contributed by atoms with Gasteiger partial charge in [0.15, 0.2) is 0 Å². The third-order valence-electron chi connectivity index (χ3n) is 3.13. The van der Waals surface area contributed by atoms with E-state index in [4.69, 9.17) is 5.41 Å². The van der Waals surface area contributed by atoms with E-state index in [-0.39, 0.29) is 0 Å². The van der Waals surface area contributed by atoms with Gasteiger partial charge in [0.1, 0.15) is 5.49 Å². The third-order valence-corrected chi connectivity index (χ3v) is 3.13. The highest BCUT2D eigenvalue weighted by atomic mass is 15.0. The average Bonchev–Trinajstić information content (AvgIpc) is 2.39. The van der Waals surface area contributed by atoms with Gasteiger partial charge >= 0.3 is 0 Å². The quantitative estimate of drug-likeness (QED) is 0.820. The van der Waals surface area contributed by atoms with Crippen LogP contribution in [0.3, 0.4) is 0 Å². The smallest absolute Gasteiger partial charge is 0.129 e. The Morgan fingerprint density at radius 2 is 2.35 bits per heavy atom. The summed E-state index contributed by atoms with van der Waals surface area (Å²) in [7, 11) is 0. The Morgan fingerprint density at radius 3 is 3.00 bits per heavy atom. The van der Waals surface area contributed by atoms with Gasteiger partial charge in [-0.25, -0.2) is 0 Å². The summed E-state index contributed by atoms with van der Waals surface area (Å²) in [4.78, 5) is 0. The molecule has 2 rings (SSSR count). The summed E-state index contributed by atoms with van der Waals surface area (Å²) in [5.41, 5.74) is 4.03. The lowest BCUT2D eigenvalue weighted by Crippen LogP contribution is -2.21. The molecule has 0 radical (unpaired) electrons. The van der Waals surface area contributed by atoms with Gasteiger partial charge in [0.05, 0.1) is 0 Å². The Kier molecular flexibility index (Phi) is 3.59. The van der Waals surface area contributed by atoms with Crippen molar-refractivity contribution < 1.29 is 0 Å². The van der Waals surface area contributed by atoms with Crippen LogP contribution in [-0.4, -0.2) is 17.7 Å². The molecule has 0 unspecified atom stereocenters. The Morgan fingerprint density at radius 1 is 1.53 bits per heavy atom. The highest BCUT2D eigenvalue weighted by Crippen LogP contribution is 2.19. The van der Waals surface area contributed by atoms with Gasteiger partial charge in [0.25, 0.3) is 0 Å². The van der Waals surface area contributed by atoms with Crippen molar-refractivity contribution in [1.82, 2.24) is 9.88 Å². The van der Waals surface area contributed by atoms with E-state index < -0.39 is 0 Å². The van der Waals surface area contributed by atoms with Gasteiger partial charge < -0.3 is 9.88 Å². The third kappa shape index (κ3) is 2.56. The predicted octanol–water partition coefficient (Wildman–Crippen LogP) is 2.22. The van der Waals surface area contributed by atoms with Crippen molar-refractivity contribution in [2.45, 2.75) is 19.8 Å². The number of nitrogens with zero attached hydrogens (tertiary/aromatic N) is 1. The first-order chi connectivity index (χ1) is 8.22. The largest absolute Gasteiger partial charge is 0.313 e. The normalized spacial score (nSPS) is 15.5. The average molecular weight is 229 g/mol. The molecule has 0 atom stereocenters. The fourth-order valence-corrected chi connectivity index (χ4v) is 2.01. The molecule has 1 aliphatic rings. The van der Waals surface area contributed by atoms with E-state index in [0.717, 1.165) is 31.6 Å². The maximum absolute atomic E-state index is 7.89. The predicted molar refractivity (Wildman–Crippen MR) is 71.4 cm³/mol. The SMILES string of the molecule is C=C(CC)n1cc(C2=CCNCC2)ccc1=N. The monoisotopic (exact) mass is 229 g/mol. The summed E-state index contributed by atoms with van der Waals surface area (Å²) in [6.07, 6.45) is 6.17. The molecule has 1 aromatic rings. The lowest BCUT2D eigenvalue weighted by Gasteiger charge is -2.16. The summed E-state index contributed by atoms with van der Waals surface area (Å²) in [6, 6.07) is 3.87. The van der Waals surface area contributed by atoms with Crippen LogP contribution in [0.5, 0.6) is 0 Å². The number of hydrogen-bond acceptors (Lipinski definition) is 2. The van der Waals surface area contributed by atoms with Crippen LogP contribution in [0.15, 0.2) is 31.0 Å². The fraction of sp³-hybridized carbons (Fsp3) is 0.357. The van der Waals surface area contributed by atoms with Gasteiger partial charge in [-0.2, -0.15) is 0 Å². The number of allylic oxidation sites excluding steroid dienone is 1. The summed E-state index contributed by atoms with van der Waals surface area (Å²) in [6.45, 7) is 8.03. The van der Waals surface area contributed by atoms with E-state index >= 15 is 0 Å². The van der Waals surface area contributed by atoms with E-state index in [1.54, 1.807) is 0 Å². The second kappa shape index (κ2) is 5.15. The molecule has 3 nitrogen and oxygen atoms in total. The second-order valence-electron chi connectivity index (χ2n) is 4.28. The van der Waals surface area contributed by atoms with E-state index in [1.165, 1.54) is 11.1 Å². The zero-order valence-electron chi connectivity index (χ0n) is 10.3. The van der Waals surface area contributed by atoms with E-state index in [1.807, 2.05) is 22.9 Å². The van der Waals surface area contributed by atoms with E-state index in [9.17, 15) is 0 Å². The molecule has 0 bridgehead atoms. The molecule has 2 heterocycles. The zero-order chi connectivity index (χ0) is 12.3. The van der Waals surface area contributed by atoms with Crippen LogP contribution in [-0.2, 0) is 0 Å². The van der Waals surface area contributed by atoms with Crippen LogP contribution in [0.25, 0.3) is 11.3 Å². The number of hydrogen-bond donors (Lipinski definition) is 2. The number of rotatable bonds is 3. The molecule has 90 valence electrons. The molecule has 0 fully saturated rings. The Balaban J connectivity index is 2.40. The van der Waals surface area contributed by atoms with Crippen molar-refractivity contribution in [2.75, 3.05) is 13.1 Å². The number of nitrogens with one attached hydrogen (secondary N) is 2. The summed E-state index contributed by atoms with van der Waals surface area (Å²) in [5, 5.41) is 11.2. The zero-order valence-corrected chi connectivity index (χ0v) is 10.3. The molecule has 3 heteroatoms. The standard InChI is InChI=1S/C14H19N3/c1-3-11(2)17-10-13(4-5-14(17)15)12-6-8-16-9-7-12/h4-6,10,15-16H,2-3,7-9H2,1H3.